The van der Waals surface area contributed by atoms with Crippen molar-refractivity contribution in [1.82, 2.24) is 14.8 Å². The SMILES string of the molecule is CCCNCc1ccn(CC2CN(C)CCO2)c1. The van der Waals surface area contributed by atoms with Crippen molar-refractivity contribution in [3.8, 4) is 0 Å². The fourth-order valence-electron chi connectivity index (χ4n) is 2.33. The van der Waals surface area contributed by atoms with Gasteiger partial charge in [0.25, 0.3) is 0 Å². The smallest absolute Gasteiger partial charge is 0.0880 e. The summed E-state index contributed by atoms with van der Waals surface area (Å²) < 4.78 is 8.02. The third-order valence-electron chi connectivity index (χ3n) is 3.32. The molecule has 1 aliphatic heterocycles. The van der Waals surface area contributed by atoms with Crippen LogP contribution in [0.5, 0.6) is 0 Å². The Bertz CT molecular complexity index is 351. The Hall–Kier alpha value is -0.840. The molecule has 1 atom stereocenters. The van der Waals surface area contributed by atoms with E-state index in [-0.39, 0.29) is 0 Å². The van der Waals surface area contributed by atoms with Crippen LogP contribution < -0.4 is 5.32 Å². The lowest BCUT2D eigenvalue weighted by molar-refractivity contribution is -0.0274. The highest BCUT2D eigenvalue weighted by Crippen LogP contribution is 2.08. The first-order chi connectivity index (χ1) is 8.78. The number of likely N-dealkylation sites (N-methyl/N-ethyl adjacent to an activating group) is 1. The Labute approximate surface area is 110 Å². The molecule has 1 aromatic heterocycles. The summed E-state index contributed by atoms with van der Waals surface area (Å²) in [5, 5.41) is 3.42. The summed E-state index contributed by atoms with van der Waals surface area (Å²) in [7, 11) is 2.16. The van der Waals surface area contributed by atoms with E-state index in [1.54, 1.807) is 0 Å². The molecule has 1 aliphatic rings. The number of aromatic nitrogens is 1. The molecule has 102 valence electrons. The molecule has 1 unspecified atom stereocenters. The average Bonchev–Trinajstić information content (AvgIpc) is 2.77. The van der Waals surface area contributed by atoms with Gasteiger partial charge < -0.3 is 19.5 Å². The zero-order valence-electron chi connectivity index (χ0n) is 11.6. The Morgan fingerprint density at radius 2 is 2.39 bits per heavy atom. The van der Waals surface area contributed by atoms with Gasteiger partial charge in [-0.2, -0.15) is 0 Å². The van der Waals surface area contributed by atoms with E-state index in [9.17, 15) is 0 Å². The van der Waals surface area contributed by atoms with Crippen molar-refractivity contribution in [3.05, 3.63) is 24.0 Å². The normalized spacial score (nSPS) is 21.3. The van der Waals surface area contributed by atoms with Crippen LogP contribution in [0.2, 0.25) is 0 Å². The maximum absolute atomic E-state index is 5.78. The average molecular weight is 251 g/mol. The topological polar surface area (TPSA) is 29.4 Å². The first-order valence-corrected chi connectivity index (χ1v) is 6.93. The molecule has 0 bridgehead atoms. The molecule has 4 heteroatoms. The summed E-state index contributed by atoms with van der Waals surface area (Å²) in [5.74, 6) is 0. The minimum absolute atomic E-state index is 0.326. The van der Waals surface area contributed by atoms with Gasteiger partial charge in [-0.3, -0.25) is 0 Å². The van der Waals surface area contributed by atoms with Crippen LogP contribution in [0, 0.1) is 0 Å². The van der Waals surface area contributed by atoms with Crippen LogP contribution in [0.4, 0.5) is 0 Å². The molecule has 0 spiro atoms. The highest BCUT2D eigenvalue weighted by atomic mass is 16.5. The van der Waals surface area contributed by atoms with Crippen LogP contribution in [0.1, 0.15) is 18.9 Å². The Balaban J connectivity index is 1.78. The molecule has 4 nitrogen and oxygen atoms in total. The van der Waals surface area contributed by atoms with E-state index < -0.39 is 0 Å². The van der Waals surface area contributed by atoms with Gasteiger partial charge in [0.15, 0.2) is 0 Å². The molecule has 0 radical (unpaired) electrons. The van der Waals surface area contributed by atoms with E-state index in [2.05, 4.69) is 47.2 Å². The lowest BCUT2D eigenvalue weighted by Gasteiger charge is -2.30. The molecule has 2 rings (SSSR count). The molecule has 1 fully saturated rings. The van der Waals surface area contributed by atoms with Crippen molar-refractivity contribution < 1.29 is 4.74 Å². The summed E-state index contributed by atoms with van der Waals surface area (Å²) in [6, 6.07) is 2.19. The van der Waals surface area contributed by atoms with Crippen LogP contribution in [0.25, 0.3) is 0 Å². The summed E-state index contributed by atoms with van der Waals surface area (Å²) in [5.41, 5.74) is 1.35. The maximum Gasteiger partial charge on any atom is 0.0880 e. The second kappa shape index (κ2) is 6.92. The maximum atomic E-state index is 5.78. The summed E-state index contributed by atoms with van der Waals surface area (Å²) >= 11 is 0. The number of ether oxygens (including phenoxy) is 1. The molecule has 0 amide bonds. The fraction of sp³-hybridized carbons (Fsp3) is 0.714. The van der Waals surface area contributed by atoms with Gasteiger partial charge in [0, 0.05) is 38.6 Å². The first-order valence-electron chi connectivity index (χ1n) is 6.93. The Morgan fingerprint density at radius 1 is 1.50 bits per heavy atom. The van der Waals surface area contributed by atoms with E-state index in [0.717, 1.165) is 39.3 Å². The quantitative estimate of drug-likeness (QED) is 0.773. The van der Waals surface area contributed by atoms with E-state index in [4.69, 9.17) is 4.74 Å². The summed E-state index contributed by atoms with van der Waals surface area (Å²) in [4.78, 5) is 2.33. The van der Waals surface area contributed by atoms with Gasteiger partial charge in [0.1, 0.15) is 0 Å². The van der Waals surface area contributed by atoms with Crippen LogP contribution in [0.3, 0.4) is 0 Å². The Morgan fingerprint density at radius 3 is 3.17 bits per heavy atom. The van der Waals surface area contributed by atoms with E-state index in [1.807, 2.05) is 0 Å². The van der Waals surface area contributed by atoms with Gasteiger partial charge in [0.05, 0.1) is 12.7 Å². The third-order valence-corrected chi connectivity index (χ3v) is 3.32. The van der Waals surface area contributed by atoms with Gasteiger partial charge in [-0.15, -0.1) is 0 Å². The van der Waals surface area contributed by atoms with Crippen molar-refractivity contribution in [2.75, 3.05) is 33.3 Å². The molecule has 1 saturated heterocycles. The van der Waals surface area contributed by atoms with Gasteiger partial charge in [-0.1, -0.05) is 6.92 Å². The number of morpholine rings is 1. The van der Waals surface area contributed by atoms with Crippen LogP contribution in [-0.4, -0.2) is 48.9 Å². The van der Waals surface area contributed by atoms with Gasteiger partial charge in [0.2, 0.25) is 0 Å². The predicted molar refractivity (Wildman–Crippen MR) is 73.7 cm³/mol. The lowest BCUT2D eigenvalue weighted by Crippen LogP contribution is -2.41. The second-order valence-electron chi connectivity index (χ2n) is 5.15. The zero-order valence-corrected chi connectivity index (χ0v) is 11.6. The van der Waals surface area contributed by atoms with E-state index >= 15 is 0 Å². The summed E-state index contributed by atoms with van der Waals surface area (Å²) in [6.07, 6.45) is 5.89. The lowest BCUT2D eigenvalue weighted by atomic mass is 10.3. The van der Waals surface area contributed by atoms with Crippen molar-refractivity contribution in [1.29, 1.82) is 0 Å². The molecule has 0 aliphatic carbocycles. The number of rotatable bonds is 6. The zero-order chi connectivity index (χ0) is 12.8. The number of nitrogens with zero attached hydrogens (tertiary/aromatic N) is 2. The molecular formula is C14H25N3O. The monoisotopic (exact) mass is 251 g/mol. The molecule has 1 aromatic rings. The van der Waals surface area contributed by atoms with Gasteiger partial charge in [-0.05, 0) is 31.6 Å². The predicted octanol–water partition coefficient (Wildman–Crippen LogP) is 1.32. The highest BCUT2D eigenvalue weighted by molar-refractivity contribution is 5.10. The van der Waals surface area contributed by atoms with Crippen molar-refractivity contribution >= 4 is 0 Å². The molecular weight excluding hydrogens is 226 g/mol. The van der Waals surface area contributed by atoms with Gasteiger partial charge >= 0.3 is 0 Å². The van der Waals surface area contributed by atoms with Crippen LogP contribution in [-0.2, 0) is 17.8 Å². The van der Waals surface area contributed by atoms with Gasteiger partial charge in [-0.25, -0.2) is 0 Å². The fourth-order valence-corrected chi connectivity index (χ4v) is 2.33. The molecule has 0 aromatic carbocycles. The molecule has 0 saturated carbocycles. The Kier molecular flexibility index (Phi) is 5.23. The van der Waals surface area contributed by atoms with Crippen molar-refractivity contribution in [2.45, 2.75) is 32.5 Å². The largest absolute Gasteiger partial charge is 0.374 e. The van der Waals surface area contributed by atoms with E-state index in [1.165, 1.54) is 12.0 Å². The van der Waals surface area contributed by atoms with Crippen molar-refractivity contribution in [3.63, 3.8) is 0 Å². The molecule has 2 heterocycles. The summed E-state index contributed by atoms with van der Waals surface area (Å²) in [6.45, 7) is 8.13. The van der Waals surface area contributed by atoms with Crippen molar-refractivity contribution in [2.24, 2.45) is 0 Å². The molecule has 18 heavy (non-hydrogen) atoms. The third kappa shape index (κ3) is 4.12. The second-order valence-corrected chi connectivity index (χ2v) is 5.15. The van der Waals surface area contributed by atoms with E-state index in [0.29, 0.717) is 6.10 Å². The van der Waals surface area contributed by atoms with Crippen LogP contribution >= 0.6 is 0 Å². The first kappa shape index (κ1) is 13.6. The highest BCUT2D eigenvalue weighted by Gasteiger charge is 2.17. The minimum atomic E-state index is 0.326. The standard InChI is InChI=1S/C14H25N3O/c1-3-5-15-9-13-4-6-17(10-13)12-14-11-16(2)7-8-18-14/h4,6,10,14-15H,3,5,7-9,11-12H2,1-2H3. The van der Waals surface area contributed by atoms with Crippen LogP contribution in [0.15, 0.2) is 18.5 Å². The minimum Gasteiger partial charge on any atom is -0.374 e. The number of hydrogen-bond acceptors (Lipinski definition) is 3. The molecule has 1 N–H and O–H groups in total. The number of nitrogens with one attached hydrogen (secondary N) is 1. The number of hydrogen-bond donors (Lipinski definition) is 1.